The summed E-state index contributed by atoms with van der Waals surface area (Å²) in [6.45, 7) is 7.05. The zero-order chi connectivity index (χ0) is 12.0. The van der Waals surface area contributed by atoms with Gasteiger partial charge in [0.05, 0.1) is 6.10 Å². The number of rotatable bonds is 6. The third-order valence-corrected chi connectivity index (χ3v) is 3.22. The number of aliphatic hydroxyl groups is 1. The predicted octanol–water partition coefficient (Wildman–Crippen LogP) is 2.54. The Morgan fingerprint density at radius 2 is 1.81 bits per heavy atom. The summed E-state index contributed by atoms with van der Waals surface area (Å²) in [6.07, 6.45) is 0.574. The third-order valence-electron chi connectivity index (χ3n) is 3.22. The van der Waals surface area contributed by atoms with Gasteiger partial charge in [0.15, 0.2) is 0 Å². The van der Waals surface area contributed by atoms with E-state index in [0.29, 0.717) is 18.5 Å². The first kappa shape index (κ1) is 13.2. The summed E-state index contributed by atoms with van der Waals surface area (Å²) in [4.78, 5) is 0. The second kappa shape index (κ2) is 6.66. The molecule has 0 aromatic heterocycles. The van der Waals surface area contributed by atoms with Crippen LogP contribution in [0.3, 0.4) is 0 Å². The highest BCUT2D eigenvalue weighted by Gasteiger charge is 2.14. The van der Waals surface area contributed by atoms with Crippen LogP contribution in [0, 0.1) is 0 Å². The van der Waals surface area contributed by atoms with E-state index in [-0.39, 0.29) is 6.10 Å². The predicted molar refractivity (Wildman–Crippen MR) is 68.6 cm³/mol. The summed E-state index contributed by atoms with van der Waals surface area (Å²) in [5.41, 5.74) is 1.34. The fraction of sp³-hybridized carbons (Fsp3) is 0.571. The van der Waals surface area contributed by atoms with Crippen molar-refractivity contribution in [1.29, 1.82) is 0 Å². The topological polar surface area (TPSA) is 32.3 Å². The van der Waals surface area contributed by atoms with Gasteiger partial charge in [0.1, 0.15) is 0 Å². The zero-order valence-corrected chi connectivity index (χ0v) is 10.5. The van der Waals surface area contributed by atoms with Crippen molar-refractivity contribution in [3.63, 3.8) is 0 Å². The van der Waals surface area contributed by atoms with Crippen LogP contribution in [0.4, 0.5) is 0 Å². The number of benzene rings is 1. The van der Waals surface area contributed by atoms with Gasteiger partial charge in [-0.25, -0.2) is 0 Å². The van der Waals surface area contributed by atoms with Gasteiger partial charge in [-0.3, -0.25) is 0 Å². The van der Waals surface area contributed by atoms with Crippen molar-refractivity contribution in [1.82, 2.24) is 5.32 Å². The summed E-state index contributed by atoms with van der Waals surface area (Å²) < 4.78 is 0. The highest BCUT2D eigenvalue weighted by atomic mass is 16.3. The van der Waals surface area contributed by atoms with Crippen LogP contribution < -0.4 is 5.32 Å². The van der Waals surface area contributed by atoms with Crippen molar-refractivity contribution >= 4 is 0 Å². The molecule has 0 aliphatic carbocycles. The Morgan fingerprint density at radius 3 is 2.38 bits per heavy atom. The van der Waals surface area contributed by atoms with Crippen LogP contribution in [0.1, 0.15) is 38.7 Å². The van der Waals surface area contributed by atoms with E-state index in [4.69, 9.17) is 0 Å². The minimum Gasteiger partial charge on any atom is -0.392 e. The first-order valence-corrected chi connectivity index (χ1v) is 6.11. The van der Waals surface area contributed by atoms with E-state index in [1.54, 1.807) is 0 Å². The van der Waals surface area contributed by atoms with Crippen molar-refractivity contribution in [3.8, 4) is 0 Å². The molecule has 1 aromatic carbocycles. The number of nitrogens with one attached hydrogen (secondary N) is 1. The number of aliphatic hydroxyl groups excluding tert-OH is 1. The molecule has 16 heavy (non-hydrogen) atoms. The molecule has 0 unspecified atom stereocenters. The maximum atomic E-state index is 9.50. The molecule has 0 heterocycles. The highest BCUT2D eigenvalue weighted by molar-refractivity contribution is 5.20. The lowest BCUT2D eigenvalue weighted by atomic mass is 9.94. The van der Waals surface area contributed by atoms with Crippen LogP contribution >= 0.6 is 0 Å². The lowest BCUT2D eigenvalue weighted by Crippen LogP contribution is -2.36. The minimum absolute atomic E-state index is 0.231. The Hall–Kier alpha value is -0.860. The molecule has 0 aliphatic rings. The molecule has 0 aliphatic heterocycles. The molecule has 1 aromatic rings. The van der Waals surface area contributed by atoms with E-state index in [1.165, 1.54) is 5.56 Å². The van der Waals surface area contributed by atoms with Gasteiger partial charge in [-0.2, -0.15) is 0 Å². The Bertz CT molecular complexity index is 286. The molecule has 90 valence electrons. The fourth-order valence-electron chi connectivity index (χ4n) is 1.69. The van der Waals surface area contributed by atoms with E-state index in [1.807, 2.05) is 13.0 Å². The second-order valence-electron chi connectivity index (χ2n) is 4.46. The molecule has 0 saturated heterocycles. The Kier molecular flexibility index (Phi) is 5.50. The molecule has 0 saturated carbocycles. The second-order valence-corrected chi connectivity index (χ2v) is 4.46. The molecule has 0 fully saturated rings. The standard InChI is InChI=1S/C14H23NO/c1-4-14(16)10-15-12(3)11(2)13-8-6-5-7-9-13/h5-9,11-12,14-16H,4,10H2,1-3H3/t11-,12+,14-/m1/s1. The van der Waals surface area contributed by atoms with Crippen LogP contribution in [0.25, 0.3) is 0 Å². The minimum atomic E-state index is -0.231. The van der Waals surface area contributed by atoms with Gasteiger partial charge in [0.25, 0.3) is 0 Å². The van der Waals surface area contributed by atoms with Gasteiger partial charge in [-0.05, 0) is 24.8 Å². The summed E-state index contributed by atoms with van der Waals surface area (Å²) in [5.74, 6) is 0.463. The van der Waals surface area contributed by atoms with Gasteiger partial charge < -0.3 is 10.4 Å². The quantitative estimate of drug-likeness (QED) is 0.773. The van der Waals surface area contributed by atoms with Gasteiger partial charge in [-0.15, -0.1) is 0 Å². The summed E-state index contributed by atoms with van der Waals surface area (Å²) in [7, 11) is 0. The number of hydrogen-bond donors (Lipinski definition) is 2. The Balaban J connectivity index is 2.45. The van der Waals surface area contributed by atoms with Gasteiger partial charge in [-0.1, -0.05) is 44.2 Å². The molecular formula is C14H23NO. The van der Waals surface area contributed by atoms with Crippen molar-refractivity contribution in [3.05, 3.63) is 35.9 Å². The molecule has 0 amide bonds. The molecule has 2 N–H and O–H groups in total. The average molecular weight is 221 g/mol. The first-order chi connectivity index (χ1) is 7.65. The van der Waals surface area contributed by atoms with Crippen molar-refractivity contribution < 1.29 is 5.11 Å². The lowest BCUT2D eigenvalue weighted by Gasteiger charge is -2.23. The Morgan fingerprint density at radius 1 is 1.19 bits per heavy atom. The fourth-order valence-corrected chi connectivity index (χ4v) is 1.69. The molecule has 0 spiro atoms. The van der Waals surface area contributed by atoms with Crippen LogP contribution in [0.2, 0.25) is 0 Å². The van der Waals surface area contributed by atoms with E-state index < -0.39 is 0 Å². The van der Waals surface area contributed by atoms with Crippen LogP contribution in [0.15, 0.2) is 30.3 Å². The van der Waals surface area contributed by atoms with Crippen molar-refractivity contribution in [2.75, 3.05) is 6.54 Å². The van der Waals surface area contributed by atoms with E-state index in [0.717, 1.165) is 6.42 Å². The molecule has 2 nitrogen and oxygen atoms in total. The van der Waals surface area contributed by atoms with Crippen LogP contribution in [-0.4, -0.2) is 23.8 Å². The van der Waals surface area contributed by atoms with E-state index in [9.17, 15) is 5.11 Å². The smallest absolute Gasteiger partial charge is 0.0662 e. The monoisotopic (exact) mass is 221 g/mol. The molecule has 0 bridgehead atoms. The lowest BCUT2D eigenvalue weighted by molar-refractivity contribution is 0.162. The van der Waals surface area contributed by atoms with Gasteiger partial charge in [0, 0.05) is 12.6 Å². The molecule has 3 atom stereocenters. The largest absolute Gasteiger partial charge is 0.392 e. The van der Waals surface area contributed by atoms with Crippen LogP contribution in [0.5, 0.6) is 0 Å². The van der Waals surface area contributed by atoms with Crippen molar-refractivity contribution in [2.24, 2.45) is 0 Å². The maximum absolute atomic E-state index is 9.50. The van der Waals surface area contributed by atoms with E-state index in [2.05, 4.69) is 43.4 Å². The molecule has 0 radical (unpaired) electrons. The Labute approximate surface area is 98.7 Å². The van der Waals surface area contributed by atoms with E-state index >= 15 is 0 Å². The van der Waals surface area contributed by atoms with Crippen LogP contribution in [-0.2, 0) is 0 Å². The summed E-state index contributed by atoms with van der Waals surface area (Å²) in [6, 6.07) is 10.9. The molecule has 2 heteroatoms. The summed E-state index contributed by atoms with van der Waals surface area (Å²) in [5, 5.41) is 12.9. The van der Waals surface area contributed by atoms with Gasteiger partial charge in [0.2, 0.25) is 0 Å². The third kappa shape index (κ3) is 3.95. The molecular weight excluding hydrogens is 198 g/mol. The first-order valence-electron chi connectivity index (χ1n) is 6.11. The molecule has 1 rings (SSSR count). The normalized spacial score (nSPS) is 16.8. The number of hydrogen-bond acceptors (Lipinski definition) is 2. The zero-order valence-electron chi connectivity index (χ0n) is 10.5. The highest BCUT2D eigenvalue weighted by Crippen LogP contribution is 2.18. The van der Waals surface area contributed by atoms with Crippen molar-refractivity contribution in [2.45, 2.75) is 45.3 Å². The summed E-state index contributed by atoms with van der Waals surface area (Å²) >= 11 is 0. The maximum Gasteiger partial charge on any atom is 0.0662 e. The SMILES string of the molecule is CC[C@@H](O)CN[C@@H](C)[C@@H](C)c1ccccc1. The average Bonchev–Trinajstić information content (AvgIpc) is 2.35. The van der Waals surface area contributed by atoms with Gasteiger partial charge >= 0.3 is 0 Å².